The van der Waals surface area contributed by atoms with Gasteiger partial charge in [0.05, 0.1) is 39.9 Å². The van der Waals surface area contributed by atoms with E-state index in [-0.39, 0.29) is 11.9 Å². The third-order valence-electron chi connectivity index (χ3n) is 5.66. The van der Waals surface area contributed by atoms with E-state index in [1.165, 1.54) is 5.56 Å². The lowest BCUT2D eigenvalue weighted by molar-refractivity contribution is 0.0938. The van der Waals surface area contributed by atoms with Gasteiger partial charge in [0.25, 0.3) is 11.9 Å². The van der Waals surface area contributed by atoms with Crippen LogP contribution in [0.15, 0.2) is 42.0 Å². The second-order valence-electron chi connectivity index (χ2n) is 7.74. The SMILES string of the molecule is Cc1nc([C@H](C)NC(=O)c2cnn(-c3ncc4c(n3)-c3ccccc3CC4)c2C)cs1. The van der Waals surface area contributed by atoms with Crippen molar-refractivity contribution in [3.8, 4) is 17.2 Å². The van der Waals surface area contributed by atoms with Gasteiger partial charge in [0, 0.05) is 17.1 Å². The first-order chi connectivity index (χ1) is 15.0. The molecule has 31 heavy (non-hydrogen) atoms. The van der Waals surface area contributed by atoms with Crippen molar-refractivity contribution in [1.82, 2.24) is 30.0 Å². The summed E-state index contributed by atoms with van der Waals surface area (Å²) in [5, 5.41) is 10.4. The molecule has 1 aromatic carbocycles. The number of carbonyl (C=O) groups excluding carboxylic acids is 1. The monoisotopic (exact) mass is 430 g/mol. The van der Waals surface area contributed by atoms with E-state index >= 15 is 0 Å². The molecule has 1 amide bonds. The van der Waals surface area contributed by atoms with Gasteiger partial charge in [-0.2, -0.15) is 5.10 Å². The Kier molecular flexibility index (Phi) is 4.86. The number of thiazole rings is 1. The summed E-state index contributed by atoms with van der Waals surface area (Å²) in [5.74, 6) is 0.278. The first-order valence-corrected chi connectivity index (χ1v) is 11.1. The van der Waals surface area contributed by atoms with E-state index in [0.29, 0.717) is 17.2 Å². The number of aryl methyl sites for hydroxylation is 3. The number of hydrogen-bond acceptors (Lipinski definition) is 6. The average Bonchev–Trinajstić information content (AvgIpc) is 3.39. The van der Waals surface area contributed by atoms with Crippen molar-refractivity contribution >= 4 is 17.2 Å². The average molecular weight is 431 g/mol. The van der Waals surface area contributed by atoms with E-state index in [1.807, 2.05) is 38.4 Å². The molecule has 0 bridgehead atoms. The zero-order valence-corrected chi connectivity index (χ0v) is 18.4. The molecule has 1 aliphatic carbocycles. The van der Waals surface area contributed by atoms with Crippen LogP contribution in [0.5, 0.6) is 0 Å². The van der Waals surface area contributed by atoms with Gasteiger partial charge in [-0.1, -0.05) is 24.3 Å². The largest absolute Gasteiger partial charge is 0.344 e. The molecule has 1 N–H and O–H groups in total. The Hall–Kier alpha value is -3.39. The second-order valence-corrected chi connectivity index (χ2v) is 8.81. The van der Waals surface area contributed by atoms with Gasteiger partial charge in [0.2, 0.25) is 0 Å². The van der Waals surface area contributed by atoms with E-state index in [1.54, 1.807) is 22.2 Å². The normalized spacial score (nSPS) is 13.4. The van der Waals surface area contributed by atoms with E-state index in [9.17, 15) is 4.79 Å². The number of hydrogen-bond donors (Lipinski definition) is 1. The third-order valence-corrected chi connectivity index (χ3v) is 6.45. The van der Waals surface area contributed by atoms with Crippen LogP contribution in [0.2, 0.25) is 0 Å². The third kappa shape index (κ3) is 3.53. The molecule has 7 nitrogen and oxygen atoms in total. The summed E-state index contributed by atoms with van der Waals surface area (Å²) >= 11 is 1.57. The Balaban J connectivity index is 1.44. The van der Waals surface area contributed by atoms with Crippen LogP contribution in [0, 0.1) is 13.8 Å². The van der Waals surface area contributed by atoms with Gasteiger partial charge in [-0.3, -0.25) is 4.79 Å². The molecule has 8 heteroatoms. The molecule has 1 atom stereocenters. The molecule has 5 rings (SSSR count). The lowest BCUT2D eigenvalue weighted by atomic mass is 9.90. The van der Waals surface area contributed by atoms with Crippen molar-refractivity contribution in [2.45, 2.75) is 39.7 Å². The van der Waals surface area contributed by atoms with Gasteiger partial charge in [-0.25, -0.2) is 19.6 Å². The zero-order valence-electron chi connectivity index (χ0n) is 17.6. The number of rotatable bonds is 4. The highest BCUT2D eigenvalue weighted by Gasteiger charge is 2.22. The zero-order chi connectivity index (χ0) is 21.5. The van der Waals surface area contributed by atoms with Crippen LogP contribution in [0.25, 0.3) is 17.2 Å². The van der Waals surface area contributed by atoms with Crippen LogP contribution in [0.4, 0.5) is 0 Å². The van der Waals surface area contributed by atoms with Gasteiger partial charge < -0.3 is 5.32 Å². The molecule has 4 aromatic rings. The van der Waals surface area contributed by atoms with Crippen molar-refractivity contribution in [1.29, 1.82) is 0 Å². The first-order valence-electron chi connectivity index (χ1n) is 10.2. The minimum Gasteiger partial charge on any atom is -0.344 e. The molecule has 3 aromatic heterocycles. The van der Waals surface area contributed by atoms with Gasteiger partial charge in [-0.05, 0) is 44.7 Å². The maximum Gasteiger partial charge on any atom is 0.255 e. The maximum absolute atomic E-state index is 12.9. The summed E-state index contributed by atoms with van der Waals surface area (Å²) in [6.07, 6.45) is 5.36. The number of carbonyl (C=O) groups is 1. The first kappa shape index (κ1) is 19.6. The highest BCUT2D eigenvalue weighted by atomic mass is 32.1. The summed E-state index contributed by atoms with van der Waals surface area (Å²) < 4.78 is 1.63. The molecule has 0 fully saturated rings. The maximum atomic E-state index is 12.9. The summed E-state index contributed by atoms with van der Waals surface area (Å²) in [6.45, 7) is 5.74. The van der Waals surface area contributed by atoms with Crippen molar-refractivity contribution < 1.29 is 4.79 Å². The summed E-state index contributed by atoms with van der Waals surface area (Å²) in [6, 6.07) is 8.15. The highest BCUT2D eigenvalue weighted by Crippen LogP contribution is 2.31. The smallest absolute Gasteiger partial charge is 0.255 e. The Morgan fingerprint density at radius 1 is 1.13 bits per heavy atom. The molecule has 156 valence electrons. The highest BCUT2D eigenvalue weighted by molar-refractivity contribution is 7.09. The van der Waals surface area contributed by atoms with E-state index < -0.39 is 0 Å². The minimum atomic E-state index is -0.190. The predicted octanol–water partition coefficient (Wildman–Crippen LogP) is 3.99. The van der Waals surface area contributed by atoms with E-state index in [4.69, 9.17) is 4.98 Å². The number of nitrogens with one attached hydrogen (secondary N) is 1. The number of benzene rings is 1. The van der Waals surface area contributed by atoms with Gasteiger partial charge in [0.15, 0.2) is 0 Å². The Morgan fingerprint density at radius 2 is 1.94 bits per heavy atom. The topological polar surface area (TPSA) is 85.6 Å². The molecule has 0 saturated heterocycles. The minimum absolute atomic E-state index is 0.184. The fourth-order valence-electron chi connectivity index (χ4n) is 3.92. The molecule has 0 aliphatic heterocycles. The summed E-state index contributed by atoms with van der Waals surface area (Å²) in [4.78, 5) is 26.7. The van der Waals surface area contributed by atoms with Crippen LogP contribution in [-0.2, 0) is 12.8 Å². The standard InChI is InChI=1S/C23H22N6OS/c1-13(20-12-31-15(3)27-20)26-22(30)19-11-25-29(14(19)2)23-24-10-17-9-8-16-6-4-5-7-18(16)21(17)28-23/h4-7,10-13H,8-9H2,1-3H3,(H,26,30)/t13-/m0/s1. The quantitative estimate of drug-likeness (QED) is 0.529. The van der Waals surface area contributed by atoms with Crippen LogP contribution >= 0.6 is 11.3 Å². The van der Waals surface area contributed by atoms with Crippen molar-refractivity contribution in [2.24, 2.45) is 0 Å². The van der Waals surface area contributed by atoms with Gasteiger partial charge in [-0.15, -0.1) is 11.3 Å². The fraction of sp³-hybridized carbons (Fsp3) is 0.261. The molecule has 0 unspecified atom stereocenters. The lowest BCUT2D eigenvalue weighted by Gasteiger charge is -2.19. The van der Waals surface area contributed by atoms with E-state index in [2.05, 4.69) is 38.6 Å². The van der Waals surface area contributed by atoms with Crippen molar-refractivity contribution in [3.63, 3.8) is 0 Å². The number of fused-ring (bicyclic) bond motifs is 3. The number of aromatic nitrogens is 5. The Bertz CT molecular complexity index is 1290. The predicted molar refractivity (Wildman–Crippen MR) is 119 cm³/mol. The van der Waals surface area contributed by atoms with Gasteiger partial charge in [0.1, 0.15) is 0 Å². The van der Waals surface area contributed by atoms with Gasteiger partial charge >= 0.3 is 0 Å². The lowest BCUT2D eigenvalue weighted by Crippen LogP contribution is -2.27. The van der Waals surface area contributed by atoms with Crippen LogP contribution in [0.1, 0.15) is 50.8 Å². The summed E-state index contributed by atoms with van der Waals surface area (Å²) in [5.41, 5.74) is 6.57. The Labute approximate surface area is 184 Å². The molecule has 0 saturated carbocycles. The Morgan fingerprint density at radius 3 is 2.74 bits per heavy atom. The second kappa shape index (κ2) is 7.70. The molecule has 0 spiro atoms. The number of amides is 1. The van der Waals surface area contributed by atoms with Crippen LogP contribution in [0.3, 0.4) is 0 Å². The van der Waals surface area contributed by atoms with Crippen molar-refractivity contribution in [2.75, 3.05) is 0 Å². The fourth-order valence-corrected chi connectivity index (χ4v) is 4.62. The van der Waals surface area contributed by atoms with Crippen molar-refractivity contribution in [3.05, 3.63) is 75.1 Å². The van der Waals surface area contributed by atoms with Crippen LogP contribution < -0.4 is 5.32 Å². The molecule has 1 aliphatic rings. The summed E-state index contributed by atoms with van der Waals surface area (Å²) in [7, 11) is 0. The molecule has 0 radical (unpaired) electrons. The number of nitrogens with zero attached hydrogens (tertiary/aromatic N) is 5. The molecular weight excluding hydrogens is 408 g/mol. The van der Waals surface area contributed by atoms with Crippen LogP contribution in [-0.4, -0.2) is 30.6 Å². The van der Waals surface area contributed by atoms with E-state index in [0.717, 1.165) is 40.4 Å². The molecule has 3 heterocycles. The molecular formula is C23H22N6OS.